The van der Waals surface area contributed by atoms with Gasteiger partial charge in [-0.05, 0) is 77.2 Å². The largest absolute Gasteiger partial charge is 0.513 e. The predicted octanol–water partition coefficient (Wildman–Crippen LogP) is 5.45. The van der Waals surface area contributed by atoms with Crippen molar-refractivity contribution in [3.8, 4) is 11.5 Å². The molecule has 0 saturated heterocycles. The Morgan fingerprint density at radius 2 is 1.80 bits per heavy atom. The lowest BCUT2D eigenvalue weighted by molar-refractivity contribution is 0.120. The van der Waals surface area contributed by atoms with Gasteiger partial charge in [0.15, 0.2) is 0 Å². The van der Waals surface area contributed by atoms with Crippen LogP contribution in [0.25, 0.3) is 0 Å². The summed E-state index contributed by atoms with van der Waals surface area (Å²) in [5.74, 6) is 1.33. The van der Waals surface area contributed by atoms with Gasteiger partial charge in [-0.1, -0.05) is 26.0 Å². The second kappa shape index (κ2) is 9.08. The average molecular weight is 454 g/mol. The summed E-state index contributed by atoms with van der Waals surface area (Å²) in [5.41, 5.74) is 4.58. The van der Waals surface area contributed by atoms with Crippen molar-refractivity contribution in [1.29, 1.82) is 0 Å². The lowest BCUT2D eigenvalue weighted by atomic mass is 10.0. The Morgan fingerprint density at radius 3 is 2.44 bits per heavy atom. The minimum absolute atomic E-state index is 0.323. The smallest absolute Gasteiger partial charge is 0.488 e. The fraction of sp³-hybridized carbons (Fsp3) is 0.350. The highest BCUT2D eigenvalue weighted by Crippen LogP contribution is 2.29. The second-order valence-corrected chi connectivity index (χ2v) is 6.82. The van der Waals surface area contributed by atoms with E-state index in [0.717, 1.165) is 27.7 Å². The number of benzene rings is 2. The van der Waals surface area contributed by atoms with Crippen LogP contribution in [0.5, 0.6) is 11.5 Å². The molecule has 2 rings (SSSR count). The molecule has 4 nitrogen and oxygen atoms in total. The van der Waals surface area contributed by atoms with Gasteiger partial charge >= 0.3 is 6.16 Å². The minimum Gasteiger partial charge on any atom is -0.488 e. The molecule has 134 valence electrons. The van der Waals surface area contributed by atoms with Crippen LogP contribution >= 0.6 is 22.6 Å². The van der Waals surface area contributed by atoms with Crippen molar-refractivity contribution in [1.82, 2.24) is 0 Å². The molecule has 0 bridgehead atoms. The van der Waals surface area contributed by atoms with Crippen molar-refractivity contribution in [3.05, 3.63) is 56.2 Å². The van der Waals surface area contributed by atoms with Crippen molar-refractivity contribution in [2.24, 2.45) is 0 Å². The summed E-state index contributed by atoms with van der Waals surface area (Å²) in [5, 5.41) is 0. The van der Waals surface area contributed by atoms with E-state index >= 15 is 0 Å². The fourth-order valence-electron chi connectivity index (χ4n) is 2.62. The molecule has 0 aliphatic heterocycles. The Hall–Kier alpha value is -1.76. The van der Waals surface area contributed by atoms with Crippen LogP contribution in [0.4, 0.5) is 4.79 Å². The first-order chi connectivity index (χ1) is 12.0. The van der Waals surface area contributed by atoms with Crippen molar-refractivity contribution in [2.75, 3.05) is 7.11 Å². The van der Waals surface area contributed by atoms with E-state index in [-0.39, 0.29) is 0 Å². The second-order valence-electron chi connectivity index (χ2n) is 5.65. The van der Waals surface area contributed by atoms with Gasteiger partial charge in [-0.25, -0.2) is 4.79 Å². The number of carbonyl (C=O) groups excluding carboxylic acids is 1. The highest BCUT2D eigenvalue weighted by molar-refractivity contribution is 14.1. The van der Waals surface area contributed by atoms with Crippen molar-refractivity contribution >= 4 is 28.7 Å². The predicted molar refractivity (Wildman–Crippen MR) is 106 cm³/mol. The molecule has 0 amide bonds. The lowest BCUT2D eigenvalue weighted by Gasteiger charge is -2.16. The third-order valence-corrected chi connectivity index (χ3v) is 5.10. The van der Waals surface area contributed by atoms with E-state index in [9.17, 15) is 4.79 Å². The summed E-state index contributed by atoms with van der Waals surface area (Å²) in [4.78, 5) is 11.4. The van der Waals surface area contributed by atoms with Crippen LogP contribution < -0.4 is 9.47 Å². The zero-order chi connectivity index (χ0) is 18.4. The minimum atomic E-state index is -0.736. The molecule has 25 heavy (non-hydrogen) atoms. The molecule has 0 N–H and O–H groups in total. The van der Waals surface area contributed by atoms with Gasteiger partial charge in [-0.3, -0.25) is 0 Å². The van der Waals surface area contributed by atoms with Crippen LogP contribution in [0.3, 0.4) is 0 Å². The normalized spacial score (nSPS) is 10.4. The topological polar surface area (TPSA) is 44.8 Å². The summed E-state index contributed by atoms with van der Waals surface area (Å²) in [6.45, 7) is 6.70. The van der Waals surface area contributed by atoms with Crippen molar-refractivity contribution < 1.29 is 19.0 Å². The van der Waals surface area contributed by atoms with Crippen LogP contribution in [-0.2, 0) is 24.2 Å². The number of halogens is 1. The number of aryl methyl sites for hydroxylation is 3. The first kappa shape index (κ1) is 19.6. The summed E-state index contributed by atoms with van der Waals surface area (Å²) >= 11 is 2.21. The zero-order valence-electron chi connectivity index (χ0n) is 15.0. The van der Waals surface area contributed by atoms with E-state index in [2.05, 4.69) is 60.2 Å². The molecule has 0 aromatic heterocycles. The number of carbonyl (C=O) groups is 1. The number of rotatable bonds is 6. The third-order valence-electron chi connectivity index (χ3n) is 4.09. The van der Waals surface area contributed by atoms with Gasteiger partial charge in [-0.2, -0.15) is 0 Å². The summed E-state index contributed by atoms with van der Waals surface area (Å²) < 4.78 is 16.9. The summed E-state index contributed by atoms with van der Waals surface area (Å²) in [6.07, 6.45) is 1.17. The van der Waals surface area contributed by atoms with Gasteiger partial charge in [-0.15, -0.1) is 0 Å². The maximum Gasteiger partial charge on any atom is 0.513 e. The van der Waals surface area contributed by atoms with E-state index in [4.69, 9.17) is 9.47 Å². The third kappa shape index (κ3) is 4.87. The molecular formula is C20H23IO4. The number of hydrogen-bond donors (Lipinski definition) is 0. The van der Waals surface area contributed by atoms with Gasteiger partial charge < -0.3 is 14.2 Å². The molecule has 0 spiro atoms. The highest BCUT2D eigenvalue weighted by atomic mass is 127. The first-order valence-corrected chi connectivity index (χ1v) is 9.36. The molecule has 5 heteroatoms. The average Bonchev–Trinajstić information content (AvgIpc) is 2.61. The Balaban J connectivity index is 2.27. The monoisotopic (exact) mass is 454 g/mol. The quantitative estimate of drug-likeness (QED) is 0.331. The number of hydrogen-bond acceptors (Lipinski definition) is 4. The molecule has 0 fully saturated rings. The Morgan fingerprint density at radius 1 is 1.08 bits per heavy atom. The molecule has 2 aromatic carbocycles. The van der Waals surface area contributed by atoms with Crippen LogP contribution in [-0.4, -0.2) is 13.3 Å². The fourth-order valence-corrected chi connectivity index (χ4v) is 3.25. The van der Waals surface area contributed by atoms with Gasteiger partial charge in [0.05, 0.1) is 7.11 Å². The van der Waals surface area contributed by atoms with Crippen LogP contribution in [0.2, 0.25) is 0 Å². The summed E-state index contributed by atoms with van der Waals surface area (Å²) in [7, 11) is 1.29. The molecule has 0 aliphatic carbocycles. The molecule has 0 atom stereocenters. The van der Waals surface area contributed by atoms with Gasteiger partial charge in [0.1, 0.15) is 18.1 Å². The van der Waals surface area contributed by atoms with Crippen molar-refractivity contribution in [2.45, 2.75) is 40.2 Å². The van der Waals surface area contributed by atoms with E-state index in [1.807, 2.05) is 12.1 Å². The Labute approximate surface area is 162 Å². The molecule has 0 heterocycles. The van der Waals surface area contributed by atoms with Crippen molar-refractivity contribution in [3.63, 3.8) is 0 Å². The zero-order valence-corrected chi connectivity index (χ0v) is 17.2. The van der Waals surface area contributed by atoms with E-state index in [1.165, 1.54) is 23.8 Å². The maximum atomic E-state index is 11.4. The standard InChI is InChI=1S/C20H23IO4/c1-5-14-11-15(6-2)19(10-13(14)3)24-12-16-17(21)8-7-9-18(16)25-20(22)23-4/h7-11H,5-6,12H2,1-4H3. The van der Waals surface area contributed by atoms with Gasteiger partial charge in [0.2, 0.25) is 0 Å². The van der Waals surface area contributed by atoms with E-state index in [1.54, 1.807) is 6.07 Å². The number of methoxy groups -OCH3 is 1. The van der Waals surface area contributed by atoms with Gasteiger partial charge in [0.25, 0.3) is 0 Å². The van der Waals surface area contributed by atoms with Crippen LogP contribution in [0.1, 0.15) is 36.1 Å². The molecule has 2 aromatic rings. The van der Waals surface area contributed by atoms with Crippen LogP contribution in [0, 0.1) is 10.5 Å². The molecular weight excluding hydrogens is 431 g/mol. The molecule has 0 saturated carbocycles. The first-order valence-electron chi connectivity index (χ1n) is 8.28. The Bertz CT molecular complexity index is 756. The SMILES string of the molecule is CCc1cc(CC)c(OCc2c(I)cccc2OC(=O)OC)cc1C. The summed E-state index contributed by atoms with van der Waals surface area (Å²) in [6, 6.07) is 9.83. The Kier molecular flexibility index (Phi) is 7.11. The molecule has 0 unspecified atom stereocenters. The molecule has 0 aliphatic rings. The van der Waals surface area contributed by atoms with E-state index < -0.39 is 6.16 Å². The van der Waals surface area contributed by atoms with E-state index in [0.29, 0.717) is 12.4 Å². The van der Waals surface area contributed by atoms with Gasteiger partial charge in [0, 0.05) is 9.13 Å². The molecule has 0 radical (unpaired) electrons. The number of ether oxygens (including phenoxy) is 3. The highest BCUT2D eigenvalue weighted by Gasteiger charge is 2.14. The van der Waals surface area contributed by atoms with Crippen LogP contribution in [0.15, 0.2) is 30.3 Å². The maximum absolute atomic E-state index is 11.4. The lowest BCUT2D eigenvalue weighted by Crippen LogP contribution is -2.11.